The number of fused-ring (bicyclic) bond motifs is 1. The topological polar surface area (TPSA) is 109 Å². The maximum atomic E-state index is 12.6. The van der Waals surface area contributed by atoms with E-state index in [0.717, 1.165) is 23.6 Å². The zero-order chi connectivity index (χ0) is 19.1. The van der Waals surface area contributed by atoms with Gasteiger partial charge in [-0.2, -0.15) is 5.10 Å². The standard InChI is InChI=1S/C19H20N6O3/c26-14-3-1-13(2-4-14)9-16-22-23-17-10-28-19(12-25(16)17)6-8-24(11-19)18(27)15-5-7-20-21-15/h1-5,7,26H,6,8-12H2,(H,20,21). The van der Waals surface area contributed by atoms with Gasteiger partial charge in [-0.15, -0.1) is 10.2 Å². The summed E-state index contributed by atoms with van der Waals surface area (Å²) in [7, 11) is 0. The molecule has 0 aliphatic carbocycles. The molecule has 1 atom stereocenters. The Balaban J connectivity index is 1.34. The zero-order valence-corrected chi connectivity index (χ0v) is 15.2. The molecular formula is C19H20N6O3. The second-order valence-corrected chi connectivity index (χ2v) is 7.38. The van der Waals surface area contributed by atoms with E-state index >= 15 is 0 Å². The van der Waals surface area contributed by atoms with Crippen LogP contribution in [0.2, 0.25) is 0 Å². The Morgan fingerprint density at radius 1 is 1.21 bits per heavy atom. The Labute approximate surface area is 161 Å². The molecule has 1 aromatic carbocycles. The first-order chi connectivity index (χ1) is 13.6. The van der Waals surface area contributed by atoms with E-state index in [0.29, 0.717) is 38.4 Å². The molecule has 1 fully saturated rings. The summed E-state index contributed by atoms with van der Waals surface area (Å²) in [6.07, 6.45) is 2.97. The lowest BCUT2D eigenvalue weighted by atomic mass is 10.0. The Bertz CT molecular complexity index is 997. The van der Waals surface area contributed by atoms with Crippen LogP contribution in [-0.4, -0.2) is 59.6 Å². The number of phenolic OH excluding ortho intramolecular Hbond substituents is 1. The molecule has 9 nitrogen and oxygen atoms in total. The molecule has 0 radical (unpaired) electrons. The molecule has 4 heterocycles. The number of likely N-dealkylation sites (tertiary alicyclic amines) is 1. The van der Waals surface area contributed by atoms with Crippen LogP contribution in [0, 0.1) is 0 Å². The second kappa shape index (κ2) is 6.45. The predicted octanol–water partition coefficient (Wildman–Crippen LogP) is 1.11. The molecule has 2 N–H and O–H groups in total. The van der Waals surface area contributed by atoms with Gasteiger partial charge in [-0.05, 0) is 30.2 Å². The lowest BCUT2D eigenvalue weighted by molar-refractivity contribution is -0.0814. The van der Waals surface area contributed by atoms with Gasteiger partial charge >= 0.3 is 0 Å². The van der Waals surface area contributed by atoms with Gasteiger partial charge in [-0.3, -0.25) is 9.89 Å². The molecule has 1 saturated heterocycles. The Morgan fingerprint density at radius 3 is 2.86 bits per heavy atom. The summed E-state index contributed by atoms with van der Waals surface area (Å²) in [5.41, 5.74) is 1.12. The van der Waals surface area contributed by atoms with E-state index in [1.54, 1.807) is 24.4 Å². The van der Waals surface area contributed by atoms with Gasteiger partial charge in [0.25, 0.3) is 5.91 Å². The number of rotatable bonds is 3. The van der Waals surface area contributed by atoms with E-state index in [9.17, 15) is 9.90 Å². The largest absolute Gasteiger partial charge is 0.508 e. The third-order valence-corrected chi connectivity index (χ3v) is 5.49. The smallest absolute Gasteiger partial charge is 0.271 e. The molecule has 1 amide bonds. The van der Waals surface area contributed by atoms with Crippen LogP contribution in [0.3, 0.4) is 0 Å². The van der Waals surface area contributed by atoms with Crippen molar-refractivity contribution in [3.05, 3.63) is 59.4 Å². The van der Waals surface area contributed by atoms with E-state index in [2.05, 4.69) is 25.0 Å². The summed E-state index contributed by atoms with van der Waals surface area (Å²) in [6.45, 7) is 2.17. The van der Waals surface area contributed by atoms with Crippen molar-refractivity contribution in [1.82, 2.24) is 29.9 Å². The van der Waals surface area contributed by atoms with Gasteiger partial charge < -0.3 is 19.3 Å². The molecule has 1 spiro atoms. The van der Waals surface area contributed by atoms with Gasteiger partial charge in [0, 0.05) is 19.2 Å². The number of carbonyl (C=O) groups excluding carboxylic acids is 1. The maximum absolute atomic E-state index is 12.6. The van der Waals surface area contributed by atoms with Crippen molar-refractivity contribution in [3.63, 3.8) is 0 Å². The summed E-state index contributed by atoms with van der Waals surface area (Å²) >= 11 is 0. The molecule has 2 aliphatic rings. The van der Waals surface area contributed by atoms with Gasteiger partial charge in [-0.1, -0.05) is 12.1 Å². The van der Waals surface area contributed by atoms with Crippen molar-refractivity contribution in [2.24, 2.45) is 0 Å². The number of phenols is 1. The van der Waals surface area contributed by atoms with Crippen LogP contribution in [0.4, 0.5) is 0 Å². The van der Waals surface area contributed by atoms with Gasteiger partial charge in [0.2, 0.25) is 0 Å². The number of carbonyl (C=O) groups is 1. The second-order valence-electron chi connectivity index (χ2n) is 7.38. The lowest BCUT2D eigenvalue weighted by Crippen LogP contribution is -2.45. The summed E-state index contributed by atoms with van der Waals surface area (Å²) in [6, 6.07) is 8.79. The van der Waals surface area contributed by atoms with Crippen LogP contribution >= 0.6 is 0 Å². The van der Waals surface area contributed by atoms with E-state index in [1.807, 2.05) is 17.0 Å². The van der Waals surface area contributed by atoms with Crippen molar-refractivity contribution in [3.8, 4) is 5.75 Å². The quantitative estimate of drug-likeness (QED) is 0.705. The Kier molecular flexibility index (Phi) is 3.90. The van der Waals surface area contributed by atoms with Crippen LogP contribution in [0.15, 0.2) is 36.5 Å². The van der Waals surface area contributed by atoms with Crippen molar-refractivity contribution >= 4 is 5.91 Å². The molecule has 0 saturated carbocycles. The number of nitrogens with one attached hydrogen (secondary N) is 1. The number of nitrogens with zero attached hydrogens (tertiary/aromatic N) is 5. The van der Waals surface area contributed by atoms with Crippen LogP contribution < -0.4 is 0 Å². The fourth-order valence-corrected chi connectivity index (χ4v) is 3.95. The fourth-order valence-electron chi connectivity index (χ4n) is 3.95. The van der Waals surface area contributed by atoms with Crippen molar-refractivity contribution in [2.45, 2.75) is 31.6 Å². The van der Waals surface area contributed by atoms with Crippen LogP contribution in [0.1, 0.15) is 34.1 Å². The fraction of sp³-hybridized carbons (Fsp3) is 0.368. The number of benzene rings is 1. The summed E-state index contributed by atoms with van der Waals surface area (Å²) in [4.78, 5) is 14.4. The number of hydrogen-bond acceptors (Lipinski definition) is 6. The molecule has 0 bridgehead atoms. The number of aromatic hydroxyl groups is 1. The number of hydrogen-bond donors (Lipinski definition) is 2. The summed E-state index contributed by atoms with van der Waals surface area (Å²) in [5.74, 6) is 1.85. The van der Waals surface area contributed by atoms with Crippen molar-refractivity contribution in [2.75, 3.05) is 13.1 Å². The molecule has 1 unspecified atom stereocenters. The van der Waals surface area contributed by atoms with E-state index in [4.69, 9.17) is 4.74 Å². The highest BCUT2D eigenvalue weighted by atomic mass is 16.5. The first kappa shape index (κ1) is 16.9. The minimum Gasteiger partial charge on any atom is -0.508 e. The third-order valence-electron chi connectivity index (χ3n) is 5.49. The number of H-pyrrole nitrogens is 1. The maximum Gasteiger partial charge on any atom is 0.271 e. The first-order valence-corrected chi connectivity index (χ1v) is 9.23. The van der Waals surface area contributed by atoms with Crippen molar-refractivity contribution < 1.29 is 14.6 Å². The molecule has 2 aliphatic heterocycles. The van der Waals surface area contributed by atoms with Crippen LogP contribution in [-0.2, 0) is 24.3 Å². The minimum atomic E-state index is -0.422. The SMILES string of the molecule is O=C(c1ccn[nH]1)N1CCC2(C1)Cn1c(nnc1Cc1ccc(O)cc1)CO2. The van der Waals surface area contributed by atoms with Crippen LogP contribution in [0.25, 0.3) is 0 Å². The molecule has 5 rings (SSSR count). The molecule has 2 aromatic heterocycles. The highest BCUT2D eigenvalue weighted by Gasteiger charge is 2.45. The number of ether oxygens (including phenoxy) is 1. The highest BCUT2D eigenvalue weighted by molar-refractivity contribution is 5.92. The van der Waals surface area contributed by atoms with Gasteiger partial charge in [0.05, 0.1) is 13.1 Å². The number of aromatic nitrogens is 5. The summed E-state index contributed by atoms with van der Waals surface area (Å²) < 4.78 is 8.27. The zero-order valence-electron chi connectivity index (χ0n) is 15.2. The normalized spacial score (nSPS) is 21.2. The number of aromatic amines is 1. The van der Waals surface area contributed by atoms with E-state index in [-0.39, 0.29) is 11.7 Å². The highest BCUT2D eigenvalue weighted by Crippen LogP contribution is 2.33. The average molecular weight is 380 g/mol. The average Bonchev–Trinajstić information content (AvgIpc) is 3.45. The lowest BCUT2D eigenvalue weighted by Gasteiger charge is -2.34. The van der Waals surface area contributed by atoms with Crippen molar-refractivity contribution in [1.29, 1.82) is 0 Å². The summed E-state index contributed by atoms with van der Waals surface area (Å²) in [5, 5.41) is 24.7. The number of amides is 1. The van der Waals surface area contributed by atoms with Gasteiger partial charge in [0.1, 0.15) is 29.5 Å². The molecule has 144 valence electrons. The van der Waals surface area contributed by atoms with Crippen LogP contribution in [0.5, 0.6) is 5.75 Å². The van der Waals surface area contributed by atoms with E-state index < -0.39 is 5.60 Å². The first-order valence-electron chi connectivity index (χ1n) is 9.23. The Hall–Kier alpha value is -3.20. The van der Waals surface area contributed by atoms with E-state index in [1.165, 1.54) is 0 Å². The minimum absolute atomic E-state index is 0.0585. The van der Waals surface area contributed by atoms with Gasteiger partial charge in [0.15, 0.2) is 5.82 Å². The van der Waals surface area contributed by atoms with Gasteiger partial charge in [-0.25, -0.2) is 0 Å². The predicted molar refractivity (Wildman–Crippen MR) is 97.6 cm³/mol. The molecule has 28 heavy (non-hydrogen) atoms. The Morgan fingerprint density at radius 2 is 2.07 bits per heavy atom. The molecular weight excluding hydrogens is 360 g/mol. The monoisotopic (exact) mass is 380 g/mol. The molecule has 9 heteroatoms. The third kappa shape index (κ3) is 2.93. The molecule has 3 aromatic rings.